The van der Waals surface area contributed by atoms with Gasteiger partial charge in [-0.2, -0.15) is 0 Å². The van der Waals surface area contributed by atoms with Crippen molar-refractivity contribution in [3.63, 3.8) is 0 Å². The van der Waals surface area contributed by atoms with Crippen LogP contribution in [0.5, 0.6) is 5.75 Å². The molecule has 0 radical (unpaired) electrons. The standard InChI is InChI=1S/C18H19FN2O3/c1-2-3-12-24-14-10-8-13(9-11-14)17(22)20-21-18(23)15-6-4-5-7-16(15)19/h4-11H,2-3,12H2,1H3,(H,20,22)(H,21,23). The zero-order valence-corrected chi connectivity index (χ0v) is 13.3. The van der Waals surface area contributed by atoms with Gasteiger partial charge in [-0.05, 0) is 42.8 Å². The Morgan fingerprint density at radius 2 is 1.67 bits per heavy atom. The predicted molar refractivity (Wildman–Crippen MR) is 88.2 cm³/mol. The second kappa shape index (κ2) is 8.67. The zero-order chi connectivity index (χ0) is 17.4. The lowest BCUT2D eigenvalue weighted by molar-refractivity contribution is 0.0844. The summed E-state index contributed by atoms with van der Waals surface area (Å²) in [6.45, 7) is 2.70. The van der Waals surface area contributed by atoms with Gasteiger partial charge in [0.15, 0.2) is 0 Å². The molecule has 5 nitrogen and oxygen atoms in total. The molecule has 0 aromatic heterocycles. The van der Waals surface area contributed by atoms with Crippen LogP contribution in [-0.4, -0.2) is 18.4 Å². The molecule has 0 aliphatic rings. The minimum atomic E-state index is -0.721. The number of hydrazine groups is 1. The molecule has 2 aromatic carbocycles. The second-order valence-corrected chi connectivity index (χ2v) is 5.11. The summed E-state index contributed by atoms with van der Waals surface area (Å²) < 4.78 is 19.0. The Hall–Kier alpha value is -2.89. The molecule has 0 bridgehead atoms. The van der Waals surface area contributed by atoms with Gasteiger partial charge in [-0.1, -0.05) is 25.5 Å². The van der Waals surface area contributed by atoms with E-state index >= 15 is 0 Å². The number of rotatable bonds is 6. The Morgan fingerprint density at radius 1 is 1.00 bits per heavy atom. The molecule has 24 heavy (non-hydrogen) atoms. The quantitative estimate of drug-likeness (QED) is 0.632. The van der Waals surface area contributed by atoms with Crippen LogP contribution in [0, 0.1) is 5.82 Å². The van der Waals surface area contributed by atoms with Crippen LogP contribution >= 0.6 is 0 Å². The van der Waals surface area contributed by atoms with Gasteiger partial charge in [-0.15, -0.1) is 0 Å². The number of carbonyl (C=O) groups is 2. The number of amides is 2. The first-order valence-corrected chi connectivity index (χ1v) is 7.70. The average Bonchev–Trinajstić information content (AvgIpc) is 2.60. The number of halogens is 1. The summed E-state index contributed by atoms with van der Waals surface area (Å²) in [5, 5.41) is 0. The van der Waals surface area contributed by atoms with Gasteiger partial charge in [0.25, 0.3) is 11.8 Å². The molecule has 2 rings (SSSR count). The summed E-state index contributed by atoms with van der Waals surface area (Å²) in [6, 6.07) is 12.1. The van der Waals surface area contributed by atoms with Crippen LogP contribution in [0.3, 0.4) is 0 Å². The molecule has 0 aliphatic heterocycles. The number of hydrogen-bond donors (Lipinski definition) is 2. The van der Waals surface area contributed by atoms with Crippen LogP contribution in [0.25, 0.3) is 0 Å². The van der Waals surface area contributed by atoms with Crippen molar-refractivity contribution in [3.8, 4) is 5.75 Å². The zero-order valence-electron chi connectivity index (χ0n) is 13.3. The fourth-order valence-corrected chi connectivity index (χ4v) is 1.94. The van der Waals surface area contributed by atoms with Gasteiger partial charge < -0.3 is 4.74 Å². The Kier molecular flexibility index (Phi) is 6.31. The van der Waals surface area contributed by atoms with E-state index in [0.717, 1.165) is 12.8 Å². The highest BCUT2D eigenvalue weighted by Gasteiger charge is 2.12. The first-order chi connectivity index (χ1) is 11.6. The van der Waals surface area contributed by atoms with Crippen LogP contribution in [0.4, 0.5) is 4.39 Å². The molecule has 0 saturated heterocycles. The third-order valence-electron chi connectivity index (χ3n) is 3.29. The lowest BCUT2D eigenvalue weighted by Crippen LogP contribution is -2.41. The first kappa shape index (κ1) is 17.5. The van der Waals surface area contributed by atoms with Gasteiger partial charge >= 0.3 is 0 Å². The van der Waals surface area contributed by atoms with Crippen molar-refractivity contribution in [1.82, 2.24) is 10.9 Å². The van der Waals surface area contributed by atoms with Crippen molar-refractivity contribution in [2.75, 3.05) is 6.61 Å². The molecule has 0 saturated carbocycles. The number of hydrogen-bond acceptors (Lipinski definition) is 3. The van der Waals surface area contributed by atoms with E-state index in [1.807, 2.05) is 0 Å². The second-order valence-electron chi connectivity index (χ2n) is 5.11. The SMILES string of the molecule is CCCCOc1ccc(C(=O)NNC(=O)c2ccccc2F)cc1. The first-order valence-electron chi connectivity index (χ1n) is 7.70. The molecule has 126 valence electrons. The third-order valence-corrected chi connectivity index (χ3v) is 3.29. The highest BCUT2D eigenvalue weighted by Crippen LogP contribution is 2.12. The van der Waals surface area contributed by atoms with Gasteiger partial charge in [-0.3, -0.25) is 20.4 Å². The maximum atomic E-state index is 13.5. The molecule has 0 atom stereocenters. The highest BCUT2D eigenvalue weighted by molar-refractivity contribution is 5.99. The monoisotopic (exact) mass is 330 g/mol. The summed E-state index contributed by atoms with van der Waals surface area (Å²) >= 11 is 0. The minimum absolute atomic E-state index is 0.141. The van der Waals surface area contributed by atoms with Crippen molar-refractivity contribution in [2.24, 2.45) is 0 Å². The van der Waals surface area contributed by atoms with E-state index < -0.39 is 17.6 Å². The molecule has 2 N–H and O–H groups in total. The largest absolute Gasteiger partial charge is 0.494 e. The van der Waals surface area contributed by atoms with Crippen LogP contribution in [0.2, 0.25) is 0 Å². The Labute approximate surface area is 139 Å². The van der Waals surface area contributed by atoms with E-state index in [0.29, 0.717) is 17.9 Å². The van der Waals surface area contributed by atoms with Crippen molar-refractivity contribution < 1.29 is 18.7 Å². The van der Waals surface area contributed by atoms with E-state index in [-0.39, 0.29) is 5.56 Å². The molecule has 0 spiro atoms. The summed E-state index contributed by atoms with van der Waals surface area (Å²) in [7, 11) is 0. The maximum Gasteiger partial charge on any atom is 0.272 e. The number of nitrogens with one attached hydrogen (secondary N) is 2. The Bertz CT molecular complexity index is 702. The minimum Gasteiger partial charge on any atom is -0.494 e. The summed E-state index contributed by atoms with van der Waals surface area (Å²) in [4.78, 5) is 23.8. The van der Waals surface area contributed by atoms with E-state index in [1.165, 1.54) is 24.3 Å². The molecule has 0 fully saturated rings. The van der Waals surface area contributed by atoms with Gasteiger partial charge in [0.1, 0.15) is 11.6 Å². The summed E-state index contributed by atoms with van der Waals surface area (Å²) in [5.74, 6) is -1.20. The predicted octanol–water partition coefficient (Wildman–Crippen LogP) is 3.08. The number of carbonyl (C=O) groups excluding carboxylic acids is 2. The van der Waals surface area contributed by atoms with Crippen molar-refractivity contribution in [2.45, 2.75) is 19.8 Å². The molecular weight excluding hydrogens is 311 g/mol. The van der Waals surface area contributed by atoms with Crippen LogP contribution in [-0.2, 0) is 0 Å². The van der Waals surface area contributed by atoms with Crippen molar-refractivity contribution in [1.29, 1.82) is 0 Å². The number of ether oxygens (including phenoxy) is 1. The molecular formula is C18H19FN2O3. The van der Waals surface area contributed by atoms with E-state index in [4.69, 9.17) is 4.74 Å². The van der Waals surface area contributed by atoms with Gasteiger partial charge in [0, 0.05) is 5.56 Å². The van der Waals surface area contributed by atoms with Crippen molar-refractivity contribution in [3.05, 3.63) is 65.5 Å². The highest BCUT2D eigenvalue weighted by atomic mass is 19.1. The summed E-state index contributed by atoms with van der Waals surface area (Å²) in [6.07, 6.45) is 2.01. The normalized spacial score (nSPS) is 10.1. The molecule has 2 amide bonds. The lowest BCUT2D eigenvalue weighted by atomic mass is 10.2. The fourth-order valence-electron chi connectivity index (χ4n) is 1.94. The van der Waals surface area contributed by atoms with Gasteiger partial charge in [0.2, 0.25) is 0 Å². The van der Waals surface area contributed by atoms with Crippen LogP contribution in [0.15, 0.2) is 48.5 Å². The number of unbranched alkanes of at least 4 members (excludes halogenated alkanes) is 1. The van der Waals surface area contributed by atoms with E-state index in [1.54, 1.807) is 24.3 Å². The van der Waals surface area contributed by atoms with E-state index in [2.05, 4.69) is 17.8 Å². The molecule has 0 unspecified atom stereocenters. The topological polar surface area (TPSA) is 67.4 Å². The third kappa shape index (κ3) is 4.81. The molecule has 6 heteroatoms. The average molecular weight is 330 g/mol. The number of benzene rings is 2. The van der Waals surface area contributed by atoms with Gasteiger partial charge in [0.05, 0.1) is 12.2 Å². The van der Waals surface area contributed by atoms with Crippen LogP contribution in [0.1, 0.15) is 40.5 Å². The summed E-state index contributed by atoms with van der Waals surface area (Å²) in [5.41, 5.74) is 4.65. The van der Waals surface area contributed by atoms with Crippen LogP contribution < -0.4 is 15.6 Å². The Balaban J connectivity index is 1.88. The maximum absolute atomic E-state index is 13.5. The Morgan fingerprint density at radius 3 is 2.33 bits per heavy atom. The van der Waals surface area contributed by atoms with Gasteiger partial charge in [-0.25, -0.2) is 4.39 Å². The molecule has 0 heterocycles. The molecule has 2 aromatic rings. The van der Waals surface area contributed by atoms with Crippen molar-refractivity contribution >= 4 is 11.8 Å². The fraction of sp³-hybridized carbons (Fsp3) is 0.222. The smallest absolute Gasteiger partial charge is 0.272 e. The lowest BCUT2D eigenvalue weighted by Gasteiger charge is -2.09. The van der Waals surface area contributed by atoms with E-state index in [9.17, 15) is 14.0 Å². The molecule has 0 aliphatic carbocycles.